The Kier molecular flexibility index (Phi) is 5.75. The maximum absolute atomic E-state index is 12.7. The van der Waals surface area contributed by atoms with Crippen molar-refractivity contribution in [1.82, 2.24) is 29.7 Å². The van der Waals surface area contributed by atoms with Gasteiger partial charge in [0.15, 0.2) is 6.10 Å². The number of fused-ring (bicyclic) bond motifs is 1. The number of aryl methyl sites for hydroxylation is 2. The van der Waals surface area contributed by atoms with Crippen molar-refractivity contribution in [2.45, 2.75) is 19.5 Å². The van der Waals surface area contributed by atoms with E-state index in [4.69, 9.17) is 4.74 Å². The molecule has 4 rings (SSSR count). The molecule has 0 aliphatic rings. The van der Waals surface area contributed by atoms with Crippen LogP contribution in [0.15, 0.2) is 36.8 Å². The van der Waals surface area contributed by atoms with Crippen LogP contribution in [-0.4, -0.2) is 54.8 Å². The summed E-state index contributed by atoms with van der Waals surface area (Å²) in [5.41, 5.74) is 2.58. The molecule has 12 heteroatoms. The summed E-state index contributed by atoms with van der Waals surface area (Å²) in [4.78, 5) is 27.7. The minimum absolute atomic E-state index is 0.327. The predicted octanol–water partition coefficient (Wildman–Crippen LogP) is 3.30. The summed E-state index contributed by atoms with van der Waals surface area (Å²) >= 11 is 0. The minimum Gasteiger partial charge on any atom is -0.451 e. The number of pyridine rings is 1. The van der Waals surface area contributed by atoms with E-state index in [0.717, 1.165) is 5.39 Å². The van der Waals surface area contributed by atoms with Crippen LogP contribution in [-0.2, 0) is 7.05 Å². The quantitative estimate of drug-likeness (QED) is 0.452. The second-order valence-corrected chi connectivity index (χ2v) is 6.97. The molecule has 4 aromatic heterocycles. The van der Waals surface area contributed by atoms with Gasteiger partial charge in [-0.3, -0.25) is 9.48 Å². The van der Waals surface area contributed by atoms with Crippen LogP contribution in [0.25, 0.3) is 22.3 Å². The Balaban J connectivity index is 1.56. The number of ether oxygens (including phenoxy) is 1. The highest BCUT2D eigenvalue weighted by Crippen LogP contribution is 2.25. The number of carbonyl (C=O) groups is 1. The first kappa shape index (κ1) is 21.3. The summed E-state index contributed by atoms with van der Waals surface area (Å²) in [6, 6.07) is 4.58. The zero-order chi connectivity index (χ0) is 22.8. The average Bonchev–Trinajstić information content (AvgIpc) is 3.34. The van der Waals surface area contributed by atoms with Gasteiger partial charge in [-0.2, -0.15) is 10.1 Å². The number of H-pyrrole nitrogens is 1. The molecule has 32 heavy (non-hydrogen) atoms. The number of halogens is 3. The molecule has 1 atom stereocenters. The van der Waals surface area contributed by atoms with E-state index in [1.54, 1.807) is 49.2 Å². The van der Waals surface area contributed by atoms with Gasteiger partial charge in [0, 0.05) is 37.1 Å². The van der Waals surface area contributed by atoms with Crippen LogP contribution < -0.4 is 10.1 Å². The second-order valence-electron chi connectivity index (χ2n) is 6.97. The summed E-state index contributed by atoms with van der Waals surface area (Å²) in [5, 5.41) is 7.60. The Morgan fingerprint density at radius 1 is 1.31 bits per heavy atom. The molecule has 1 amide bonds. The lowest BCUT2D eigenvalue weighted by Gasteiger charge is -2.13. The van der Waals surface area contributed by atoms with Crippen molar-refractivity contribution in [3.8, 4) is 17.4 Å². The van der Waals surface area contributed by atoms with Crippen molar-refractivity contribution in [2.75, 3.05) is 12.0 Å². The van der Waals surface area contributed by atoms with E-state index in [2.05, 4.69) is 30.4 Å². The Morgan fingerprint density at radius 3 is 2.81 bits per heavy atom. The third-order valence-electron chi connectivity index (χ3n) is 4.60. The number of amides is 1. The predicted molar refractivity (Wildman–Crippen MR) is 109 cm³/mol. The molecule has 0 saturated carbocycles. The fourth-order valence-corrected chi connectivity index (χ4v) is 3.07. The smallest absolute Gasteiger partial charge is 0.317 e. The lowest BCUT2D eigenvalue weighted by molar-refractivity contribution is -0.00600. The van der Waals surface area contributed by atoms with Crippen LogP contribution in [0.4, 0.5) is 19.0 Å². The number of aromatic nitrogens is 6. The zero-order valence-electron chi connectivity index (χ0n) is 17.0. The third-order valence-corrected chi connectivity index (χ3v) is 4.60. The molecule has 0 radical (unpaired) electrons. The number of aromatic amines is 1. The van der Waals surface area contributed by atoms with Crippen LogP contribution in [0, 0.1) is 6.92 Å². The molecule has 2 N–H and O–H groups in total. The molecule has 0 aliphatic heterocycles. The molecule has 0 saturated heterocycles. The Morgan fingerprint density at radius 2 is 2.12 bits per heavy atom. The van der Waals surface area contributed by atoms with E-state index in [1.165, 1.54) is 6.20 Å². The molecule has 166 valence electrons. The standard InChI is InChI=1S/C20H18F3N7O2/c1-10-12(9-30(2)29-10)19(31)28-17-6-14-11(8-25-17)5-15(26-14)13-3-4-24-20(27-13)32-16(7-21)18(22)23/h3-6,8-9,16,18,26H,7H2,1-2H3,(H,25,28,31). The fourth-order valence-electron chi connectivity index (χ4n) is 3.07. The maximum Gasteiger partial charge on any atom is 0.317 e. The molecule has 0 fully saturated rings. The molecule has 4 aromatic rings. The van der Waals surface area contributed by atoms with E-state index in [1.807, 2.05) is 0 Å². The zero-order valence-corrected chi connectivity index (χ0v) is 17.0. The van der Waals surface area contributed by atoms with Gasteiger partial charge in [-0.1, -0.05) is 0 Å². The van der Waals surface area contributed by atoms with Crippen LogP contribution in [0.1, 0.15) is 16.1 Å². The van der Waals surface area contributed by atoms with Crippen LogP contribution in [0.5, 0.6) is 6.01 Å². The molecule has 9 nitrogen and oxygen atoms in total. The maximum atomic E-state index is 12.7. The highest BCUT2D eigenvalue weighted by molar-refractivity contribution is 6.05. The van der Waals surface area contributed by atoms with Crippen LogP contribution in [0.2, 0.25) is 0 Å². The number of nitrogens with one attached hydrogen (secondary N) is 2. The summed E-state index contributed by atoms with van der Waals surface area (Å²) in [5.74, 6) is -0.0122. The van der Waals surface area contributed by atoms with Gasteiger partial charge in [0.2, 0.25) is 0 Å². The molecule has 0 spiro atoms. The van der Waals surface area contributed by atoms with Gasteiger partial charge >= 0.3 is 6.01 Å². The lowest BCUT2D eigenvalue weighted by atomic mass is 10.2. The van der Waals surface area contributed by atoms with E-state index in [-0.39, 0.29) is 11.9 Å². The van der Waals surface area contributed by atoms with Gasteiger partial charge in [0.25, 0.3) is 12.3 Å². The third kappa shape index (κ3) is 4.38. The second kappa shape index (κ2) is 8.65. The van der Waals surface area contributed by atoms with Crippen molar-refractivity contribution < 1.29 is 22.7 Å². The van der Waals surface area contributed by atoms with Crippen molar-refractivity contribution in [1.29, 1.82) is 0 Å². The highest BCUT2D eigenvalue weighted by Gasteiger charge is 2.23. The molecular formula is C20H18F3N7O2. The number of hydrogen-bond donors (Lipinski definition) is 2. The van der Waals surface area contributed by atoms with E-state index < -0.39 is 19.2 Å². The van der Waals surface area contributed by atoms with Crippen LogP contribution >= 0.6 is 0 Å². The summed E-state index contributed by atoms with van der Waals surface area (Å²) in [6.45, 7) is 0.371. The molecule has 0 aromatic carbocycles. The lowest BCUT2D eigenvalue weighted by Crippen LogP contribution is -2.28. The molecular weight excluding hydrogens is 427 g/mol. The van der Waals surface area contributed by atoms with Gasteiger partial charge < -0.3 is 15.0 Å². The highest BCUT2D eigenvalue weighted by atomic mass is 19.3. The molecule has 0 bridgehead atoms. The van der Waals surface area contributed by atoms with Crippen molar-refractivity contribution in [2.24, 2.45) is 7.05 Å². The number of nitrogens with zero attached hydrogens (tertiary/aromatic N) is 5. The summed E-state index contributed by atoms with van der Waals surface area (Å²) in [6.07, 6.45) is -0.437. The Labute approximate surface area is 179 Å². The first-order valence-electron chi connectivity index (χ1n) is 9.48. The molecule has 1 unspecified atom stereocenters. The topological polar surface area (TPSA) is 111 Å². The Hall–Kier alpha value is -3.96. The number of carbonyl (C=O) groups excluding carboxylic acids is 1. The van der Waals surface area contributed by atoms with Gasteiger partial charge in [0.1, 0.15) is 12.5 Å². The number of rotatable bonds is 7. The number of alkyl halides is 3. The fraction of sp³-hybridized carbons (Fsp3) is 0.250. The minimum atomic E-state index is -3.00. The van der Waals surface area contributed by atoms with Gasteiger partial charge in [-0.15, -0.1) is 0 Å². The monoisotopic (exact) mass is 445 g/mol. The van der Waals surface area contributed by atoms with Gasteiger partial charge in [-0.25, -0.2) is 23.1 Å². The largest absolute Gasteiger partial charge is 0.451 e. The molecule has 0 aliphatic carbocycles. The van der Waals surface area contributed by atoms with Gasteiger partial charge in [-0.05, 0) is 19.1 Å². The van der Waals surface area contributed by atoms with Crippen LogP contribution in [0.3, 0.4) is 0 Å². The van der Waals surface area contributed by atoms with Crippen molar-refractivity contribution in [3.05, 3.63) is 48.0 Å². The van der Waals surface area contributed by atoms with Crippen molar-refractivity contribution in [3.63, 3.8) is 0 Å². The SMILES string of the molecule is Cc1nn(C)cc1C(=O)Nc1cc2[nH]c(-c3ccnc(OC(CF)C(F)F)n3)cc2cn1. The van der Waals surface area contributed by atoms with E-state index >= 15 is 0 Å². The molecule has 4 heterocycles. The number of hydrogen-bond acceptors (Lipinski definition) is 6. The Bertz CT molecular complexity index is 1270. The average molecular weight is 445 g/mol. The van der Waals surface area contributed by atoms with Gasteiger partial charge in [0.05, 0.1) is 28.2 Å². The van der Waals surface area contributed by atoms with E-state index in [9.17, 15) is 18.0 Å². The number of anilines is 1. The summed E-state index contributed by atoms with van der Waals surface area (Å²) in [7, 11) is 1.73. The first-order valence-corrected chi connectivity index (χ1v) is 9.48. The summed E-state index contributed by atoms with van der Waals surface area (Å²) < 4.78 is 44.6. The normalized spacial score (nSPS) is 12.3. The first-order chi connectivity index (χ1) is 15.3. The van der Waals surface area contributed by atoms with Crippen molar-refractivity contribution >= 4 is 22.6 Å². The van der Waals surface area contributed by atoms with E-state index in [0.29, 0.717) is 34.0 Å².